The highest BCUT2D eigenvalue weighted by molar-refractivity contribution is 9.10. The van der Waals surface area contributed by atoms with Gasteiger partial charge in [-0.3, -0.25) is 4.79 Å². The van der Waals surface area contributed by atoms with Crippen LogP contribution in [0.4, 0.5) is 5.69 Å². The molecule has 1 amide bonds. The van der Waals surface area contributed by atoms with Crippen LogP contribution in [0.3, 0.4) is 0 Å². The second-order valence-electron chi connectivity index (χ2n) is 8.32. The van der Waals surface area contributed by atoms with Gasteiger partial charge in [0.2, 0.25) is 0 Å². The molecule has 3 aromatic rings. The van der Waals surface area contributed by atoms with Crippen LogP contribution in [0, 0.1) is 0 Å². The summed E-state index contributed by atoms with van der Waals surface area (Å²) in [6, 6.07) is 13.5. The van der Waals surface area contributed by atoms with E-state index in [1.54, 1.807) is 13.2 Å². The molecule has 0 saturated carbocycles. The van der Waals surface area contributed by atoms with Crippen molar-refractivity contribution in [2.45, 2.75) is 79.6 Å². The first-order valence-electron chi connectivity index (χ1n) is 13.0. The Balaban J connectivity index is 0.00000109. The Kier molecular flexibility index (Phi) is 11.6. The molecule has 4 rings (SSSR count). The number of hydrogen-bond acceptors (Lipinski definition) is 4. The molecule has 2 unspecified atom stereocenters. The van der Waals surface area contributed by atoms with Crippen LogP contribution >= 0.6 is 15.9 Å². The van der Waals surface area contributed by atoms with E-state index in [1.807, 2.05) is 58.9 Å². The largest absolute Gasteiger partial charge is 0.495 e. The van der Waals surface area contributed by atoms with Crippen LogP contribution in [-0.4, -0.2) is 13.0 Å². The number of methoxy groups -OCH3 is 1. The molecule has 2 aromatic carbocycles. The van der Waals surface area contributed by atoms with E-state index in [0.29, 0.717) is 33.5 Å². The third-order valence-corrected chi connectivity index (χ3v) is 6.75. The molecule has 0 spiro atoms. The van der Waals surface area contributed by atoms with E-state index in [0.717, 1.165) is 12.0 Å². The average Bonchev–Trinajstić information content (AvgIpc) is 3.28. The van der Waals surface area contributed by atoms with Crippen LogP contribution in [0.5, 0.6) is 17.4 Å². The van der Waals surface area contributed by atoms with Crippen molar-refractivity contribution in [3.05, 3.63) is 69.4 Å². The number of anilines is 1. The van der Waals surface area contributed by atoms with Crippen molar-refractivity contribution >= 4 is 27.5 Å². The smallest absolute Gasteiger partial charge is 0.305 e. The molecule has 196 valence electrons. The normalized spacial score (nSPS) is 15.9. The quantitative estimate of drug-likeness (QED) is 0.327. The number of halogens is 1. The zero-order valence-corrected chi connectivity index (χ0v) is 24.4. The van der Waals surface area contributed by atoms with Gasteiger partial charge in [-0.05, 0) is 81.9 Å². The first kappa shape index (κ1) is 29.5. The average molecular weight is 559 g/mol. The number of carbonyl (C=O) groups excluding carboxylic acids is 1. The summed E-state index contributed by atoms with van der Waals surface area (Å²) < 4.78 is 17.8. The van der Waals surface area contributed by atoms with E-state index in [9.17, 15) is 4.79 Å². The number of benzene rings is 2. The van der Waals surface area contributed by atoms with Gasteiger partial charge in [-0.25, -0.2) is 0 Å². The van der Waals surface area contributed by atoms with Crippen molar-refractivity contribution in [1.82, 2.24) is 0 Å². The van der Waals surface area contributed by atoms with Gasteiger partial charge in [-0.15, -0.1) is 0 Å². The molecule has 1 heterocycles. The Morgan fingerprint density at radius 1 is 1.03 bits per heavy atom. The summed E-state index contributed by atoms with van der Waals surface area (Å²) in [5.41, 5.74) is 4.34. The maximum Gasteiger partial charge on any atom is 0.305 e. The van der Waals surface area contributed by atoms with E-state index in [-0.39, 0.29) is 17.6 Å². The highest BCUT2D eigenvalue weighted by atomic mass is 79.9. The number of fused-ring (bicyclic) bond motifs is 1. The summed E-state index contributed by atoms with van der Waals surface area (Å²) in [5.74, 6) is 2.40. The maximum atomic E-state index is 12.9. The van der Waals surface area contributed by atoms with Crippen LogP contribution in [-0.2, 0) is 6.42 Å². The van der Waals surface area contributed by atoms with E-state index >= 15 is 0 Å². The molecule has 1 aliphatic rings. The molecule has 1 aliphatic carbocycles. The number of hydrogen-bond donors (Lipinski definition) is 1. The van der Waals surface area contributed by atoms with Crippen LogP contribution in [0.1, 0.15) is 100 Å². The molecule has 36 heavy (non-hydrogen) atoms. The standard InChI is InChI=1S/C26H28BrNO4.2C2H6/c1-5-17-7-6-8-22(30-4)24(17)28-25(29)23-14-21(27)26(32-23)31-18-11-12-19-15(2)9-10-16(3)20(19)13-18;2*1-2/h6-8,11-16H,5,9-10H2,1-4H3,(H,28,29);2*1-2H3. The van der Waals surface area contributed by atoms with Gasteiger partial charge in [0.1, 0.15) is 16.0 Å². The number of furan rings is 1. The molecule has 0 bridgehead atoms. The van der Waals surface area contributed by atoms with Gasteiger partial charge in [0.05, 0.1) is 12.8 Å². The molecular weight excluding hydrogens is 518 g/mol. The fourth-order valence-corrected chi connectivity index (χ4v) is 4.67. The van der Waals surface area contributed by atoms with E-state index < -0.39 is 0 Å². The van der Waals surface area contributed by atoms with Gasteiger partial charge in [-0.2, -0.15) is 0 Å². The zero-order valence-electron chi connectivity index (χ0n) is 22.8. The monoisotopic (exact) mass is 557 g/mol. The van der Waals surface area contributed by atoms with E-state index in [1.165, 1.54) is 24.0 Å². The lowest BCUT2D eigenvalue weighted by Gasteiger charge is -2.27. The van der Waals surface area contributed by atoms with Crippen LogP contribution in [0.25, 0.3) is 0 Å². The number of aryl methyl sites for hydroxylation is 1. The third-order valence-electron chi connectivity index (χ3n) is 6.19. The lowest BCUT2D eigenvalue weighted by molar-refractivity contribution is 0.0991. The molecule has 2 atom stereocenters. The number of amides is 1. The topological polar surface area (TPSA) is 60.7 Å². The first-order chi connectivity index (χ1) is 17.4. The summed E-state index contributed by atoms with van der Waals surface area (Å²) in [7, 11) is 1.58. The molecule has 0 saturated heterocycles. The lowest BCUT2D eigenvalue weighted by atomic mass is 9.78. The first-order valence-corrected chi connectivity index (χ1v) is 13.8. The van der Waals surface area contributed by atoms with Gasteiger partial charge in [0, 0.05) is 6.07 Å². The Labute approximate surface area is 224 Å². The van der Waals surface area contributed by atoms with Gasteiger partial charge in [0.25, 0.3) is 5.91 Å². The Hall–Kier alpha value is -2.73. The molecule has 1 aromatic heterocycles. The molecule has 1 N–H and O–H groups in total. The minimum absolute atomic E-state index is 0.153. The minimum atomic E-state index is -0.368. The number of carbonyl (C=O) groups is 1. The minimum Gasteiger partial charge on any atom is -0.495 e. The van der Waals surface area contributed by atoms with Crippen molar-refractivity contribution in [3.63, 3.8) is 0 Å². The van der Waals surface area contributed by atoms with Crippen molar-refractivity contribution in [2.24, 2.45) is 0 Å². The number of para-hydroxylation sites is 1. The SMILES string of the molecule is CC.CC.CCc1cccc(OC)c1NC(=O)c1cc(Br)c(Oc2ccc3c(c2)C(C)CCC3C)o1. The molecule has 0 aliphatic heterocycles. The van der Waals surface area contributed by atoms with Crippen molar-refractivity contribution in [3.8, 4) is 17.4 Å². The maximum absolute atomic E-state index is 12.9. The zero-order chi connectivity index (χ0) is 26.8. The number of nitrogens with one attached hydrogen (secondary N) is 1. The Bertz CT molecular complexity index is 1120. The molecule has 0 fully saturated rings. The summed E-state index contributed by atoms with van der Waals surface area (Å²) in [4.78, 5) is 12.9. The van der Waals surface area contributed by atoms with Gasteiger partial charge >= 0.3 is 5.95 Å². The van der Waals surface area contributed by atoms with Crippen LogP contribution in [0.15, 0.2) is 51.4 Å². The fraction of sp³-hybridized carbons (Fsp3) is 0.433. The summed E-state index contributed by atoms with van der Waals surface area (Å²) in [6.07, 6.45) is 3.15. The predicted molar refractivity (Wildman–Crippen MR) is 152 cm³/mol. The second kappa shape index (κ2) is 14.1. The van der Waals surface area contributed by atoms with Crippen LogP contribution < -0.4 is 14.8 Å². The highest BCUT2D eigenvalue weighted by Crippen LogP contribution is 2.41. The van der Waals surface area contributed by atoms with Crippen molar-refractivity contribution < 1.29 is 18.7 Å². The summed E-state index contributed by atoms with van der Waals surface area (Å²) in [5, 5.41) is 2.92. The molecular formula is C30H40BrNO4. The van der Waals surface area contributed by atoms with Gasteiger partial charge in [-0.1, -0.05) is 66.7 Å². The third kappa shape index (κ3) is 6.73. The predicted octanol–water partition coefficient (Wildman–Crippen LogP) is 9.71. The molecule has 6 heteroatoms. The second-order valence-corrected chi connectivity index (χ2v) is 9.17. The summed E-state index contributed by atoms with van der Waals surface area (Å²) >= 11 is 3.46. The number of rotatable bonds is 6. The molecule has 5 nitrogen and oxygen atoms in total. The van der Waals surface area contributed by atoms with Crippen molar-refractivity contribution in [2.75, 3.05) is 12.4 Å². The van der Waals surface area contributed by atoms with E-state index in [4.69, 9.17) is 13.9 Å². The Morgan fingerprint density at radius 2 is 1.69 bits per heavy atom. The van der Waals surface area contributed by atoms with Crippen molar-refractivity contribution in [1.29, 1.82) is 0 Å². The highest BCUT2D eigenvalue weighted by Gasteiger charge is 2.24. The number of ether oxygens (including phenoxy) is 2. The molecule has 0 radical (unpaired) electrons. The van der Waals surface area contributed by atoms with Gasteiger partial charge in [0.15, 0.2) is 5.76 Å². The lowest BCUT2D eigenvalue weighted by Crippen LogP contribution is -2.13. The van der Waals surface area contributed by atoms with E-state index in [2.05, 4.69) is 47.2 Å². The summed E-state index contributed by atoms with van der Waals surface area (Å²) in [6.45, 7) is 14.5. The van der Waals surface area contributed by atoms with Crippen LogP contribution in [0.2, 0.25) is 0 Å². The van der Waals surface area contributed by atoms with Gasteiger partial charge < -0.3 is 19.2 Å². The fourth-order valence-electron chi connectivity index (χ4n) is 4.30. The Morgan fingerprint density at radius 3 is 2.33 bits per heavy atom.